The zero-order chi connectivity index (χ0) is 11.6. The molecule has 2 heteroatoms. The van der Waals surface area contributed by atoms with Crippen molar-refractivity contribution in [1.29, 1.82) is 0 Å². The van der Waals surface area contributed by atoms with E-state index in [9.17, 15) is 0 Å². The first-order valence-electron chi connectivity index (χ1n) is 6.31. The van der Waals surface area contributed by atoms with Crippen molar-refractivity contribution in [3.8, 4) is 0 Å². The number of thiophene rings is 1. The smallest absolute Gasteiger partial charge is 0.0172 e. The molecule has 90 valence electrons. The van der Waals surface area contributed by atoms with Gasteiger partial charge >= 0.3 is 0 Å². The van der Waals surface area contributed by atoms with E-state index in [2.05, 4.69) is 43.6 Å². The Balaban J connectivity index is 2.11. The summed E-state index contributed by atoms with van der Waals surface area (Å²) in [5.41, 5.74) is 0.661. The first-order valence-corrected chi connectivity index (χ1v) is 7.19. The van der Waals surface area contributed by atoms with Crippen molar-refractivity contribution < 1.29 is 0 Å². The second kappa shape index (κ2) is 4.50. The van der Waals surface area contributed by atoms with Gasteiger partial charge in [0.05, 0.1) is 0 Å². The van der Waals surface area contributed by atoms with Crippen LogP contribution in [0.1, 0.15) is 51.3 Å². The molecular formula is C14H23NS. The van der Waals surface area contributed by atoms with E-state index in [1.54, 1.807) is 4.88 Å². The summed E-state index contributed by atoms with van der Waals surface area (Å²) in [6.07, 6.45) is 5.50. The van der Waals surface area contributed by atoms with E-state index in [1.807, 2.05) is 11.3 Å². The largest absolute Gasteiger partial charge is 0.311 e. The zero-order valence-electron chi connectivity index (χ0n) is 10.7. The number of hydrogen-bond acceptors (Lipinski definition) is 2. The van der Waals surface area contributed by atoms with Gasteiger partial charge < -0.3 is 5.32 Å². The van der Waals surface area contributed by atoms with Crippen molar-refractivity contribution in [2.24, 2.45) is 0 Å². The van der Waals surface area contributed by atoms with Gasteiger partial charge in [-0.05, 0) is 45.1 Å². The van der Waals surface area contributed by atoms with Crippen LogP contribution in [0.25, 0.3) is 0 Å². The minimum atomic E-state index is 0.229. The van der Waals surface area contributed by atoms with Gasteiger partial charge in [-0.2, -0.15) is 0 Å². The third-order valence-electron chi connectivity index (χ3n) is 3.56. The molecular weight excluding hydrogens is 214 g/mol. The van der Waals surface area contributed by atoms with Gasteiger partial charge in [0.15, 0.2) is 0 Å². The average Bonchev–Trinajstić information content (AvgIpc) is 2.86. The summed E-state index contributed by atoms with van der Waals surface area (Å²) in [5, 5.41) is 5.91. The molecule has 1 N–H and O–H groups in total. The highest BCUT2D eigenvalue weighted by Crippen LogP contribution is 2.42. The van der Waals surface area contributed by atoms with Crippen LogP contribution in [0.15, 0.2) is 17.5 Å². The summed E-state index contributed by atoms with van der Waals surface area (Å²) >= 11 is 1.93. The van der Waals surface area contributed by atoms with Crippen molar-refractivity contribution in [2.75, 3.05) is 6.54 Å². The summed E-state index contributed by atoms with van der Waals surface area (Å²) in [6, 6.07) is 4.51. The summed E-state index contributed by atoms with van der Waals surface area (Å²) in [4.78, 5) is 1.58. The maximum absolute atomic E-state index is 3.70. The van der Waals surface area contributed by atoms with Gasteiger partial charge in [0.25, 0.3) is 0 Å². The Morgan fingerprint density at radius 1 is 1.31 bits per heavy atom. The van der Waals surface area contributed by atoms with Gasteiger partial charge in [0.2, 0.25) is 0 Å². The van der Waals surface area contributed by atoms with Crippen LogP contribution in [0.3, 0.4) is 0 Å². The zero-order valence-corrected chi connectivity index (χ0v) is 11.5. The molecule has 0 radical (unpaired) electrons. The fraction of sp³-hybridized carbons (Fsp3) is 0.714. The van der Waals surface area contributed by atoms with Crippen LogP contribution >= 0.6 is 11.3 Å². The van der Waals surface area contributed by atoms with Crippen LogP contribution < -0.4 is 5.32 Å². The predicted molar refractivity (Wildman–Crippen MR) is 72.2 cm³/mol. The van der Waals surface area contributed by atoms with Crippen LogP contribution in [0.5, 0.6) is 0 Å². The topological polar surface area (TPSA) is 12.0 Å². The molecule has 1 nitrogen and oxygen atoms in total. The van der Waals surface area contributed by atoms with Gasteiger partial charge in [0.1, 0.15) is 0 Å². The Labute approximate surface area is 103 Å². The van der Waals surface area contributed by atoms with Crippen LogP contribution in [0.2, 0.25) is 0 Å². The molecule has 0 amide bonds. The van der Waals surface area contributed by atoms with E-state index in [0.29, 0.717) is 5.41 Å². The maximum Gasteiger partial charge on any atom is 0.0172 e. The van der Waals surface area contributed by atoms with Gasteiger partial charge in [-0.3, -0.25) is 0 Å². The third-order valence-corrected chi connectivity index (χ3v) is 4.68. The van der Waals surface area contributed by atoms with Crippen molar-refractivity contribution in [1.82, 2.24) is 5.32 Å². The Kier molecular flexibility index (Phi) is 3.41. The lowest BCUT2D eigenvalue weighted by molar-refractivity contribution is 0.337. The highest BCUT2D eigenvalue weighted by Gasteiger charge is 2.36. The maximum atomic E-state index is 3.70. The molecule has 0 atom stereocenters. The van der Waals surface area contributed by atoms with E-state index < -0.39 is 0 Å². The fourth-order valence-corrected chi connectivity index (χ4v) is 3.56. The van der Waals surface area contributed by atoms with Gasteiger partial charge in [-0.25, -0.2) is 0 Å². The Hall–Kier alpha value is -0.340. The Morgan fingerprint density at radius 3 is 2.50 bits per heavy atom. The Bertz CT molecular complexity index is 315. The predicted octanol–water partition coefficient (Wildman–Crippen LogP) is 3.95. The molecule has 16 heavy (non-hydrogen) atoms. The standard InChI is InChI=1S/C14H23NS/c1-13(2,3)15-11-14(8-4-5-9-14)12-7-6-10-16-12/h6-7,10,15H,4-5,8-9,11H2,1-3H3. The monoisotopic (exact) mass is 237 g/mol. The number of hydrogen-bond donors (Lipinski definition) is 1. The Morgan fingerprint density at radius 2 is 2.00 bits per heavy atom. The molecule has 1 aliphatic carbocycles. The van der Waals surface area contributed by atoms with Gasteiger partial charge in [-0.1, -0.05) is 18.9 Å². The lowest BCUT2D eigenvalue weighted by Crippen LogP contribution is -2.44. The molecule has 0 bridgehead atoms. The van der Waals surface area contributed by atoms with Crippen molar-refractivity contribution in [3.05, 3.63) is 22.4 Å². The molecule has 0 aromatic carbocycles. The molecule has 1 saturated carbocycles. The molecule has 1 aromatic rings. The quantitative estimate of drug-likeness (QED) is 0.839. The highest BCUT2D eigenvalue weighted by molar-refractivity contribution is 7.10. The molecule has 1 aliphatic rings. The molecule has 0 unspecified atom stereocenters. The minimum Gasteiger partial charge on any atom is -0.311 e. The lowest BCUT2D eigenvalue weighted by Gasteiger charge is -2.32. The summed E-state index contributed by atoms with van der Waals surface area (Å²) < 4.78 is 0. The molecule has 0 aliphatic heterocycles. The molecule has 0 spiro atoms. The summed E-state index contributed by atoms with van der Waals surface area (Å²) in [5.74, 6) is 0. The van der Waals surface area contributed by atoms with Gasteiger partial charge in [0, 0.05) is 22.4 Å². The molecule has 1 heterocycles. The second-order valence-electron chi connectivity index (χ2n) is 6.07. The summed E-state index contributed by atoms with van der Waals surface area (Å²) in [7, 11) is 0. The molecule has 0 saturated heterocycles. The van der Waals surface area contributed by atoms with Crippen molar-refractivity contribution in [3.63, 3.8) is 0 Å². The number of rotatable bonds is 3. The first kappa shape index (κ1) is 12.1. The average molecular weight is 237 g/mol. The molecule has 2 rings (SSSR count). The van der Waals surface area contributed by atoms with E-state index in [-0.39, 0.29) is 5.54 Å². The molecule has 1 aromatic heterocycles. The van der Waals surface area contributed by atoms with Crippen LogP contribution in [-0.2, 0) is 5.41 Å². The minimum absolute atomic E-state index is 0.229. The van der Waals surface area contributed by atoms with Crippen LogP contribution in [0.4, 0.5) is 0 Å². The van der Waals surface area contributed by atoms with E-state index in [1.165, 1.54) is 25.7 Å². The first-order chi connectivity index (χ1) is 7.52. The van der Waals surface area contributed by atoms with Gasteiger partial charge in [-0.15, -0.1) is 11.3 Å². The SMILES string of the molecule is CC(C)(C)NCC1(c2cccs2)CCCC1. The lowest BCUT2D eigenvalue weighted by atomic mass is 9.83. The van der Waals surface area contributed by atoms with E-state index in [4.69, 9.17) is 0 Å². The van der Waals surface area contributed by atoms with Crippen LogP contribution in [-0.4, -0.2) is 12.1 Å². The third kappa shape index (κ3) is 2.67. The van der Waals surface area contributed by atoms with Crippen molar-refractivity contribution in [2.45, 2.75) is 57.4 Å². The highest BCUT2D eigenvalue weighted by atomic mass is 32.1. The van der Waals surface area contributed by atoms with E-state index >= 15 is 0 Å². The van der Waals surface area contributed by atoms with Crippen molar-refractivity contribution >= 4 is 11.3 Å². The number of nitrogens with one attached hydrogen (secondary N) is 1. The van der Waals surface area contributed by atoms with E-state index in [0.717, 1.165) is 6.54 Å². The van der Waals surface area contributed by atoms with Crippen LogP contribution in [0, 0.1) is 0 Å². The summed E-state index contributed by atoms with van der Waals surface area (Å²) in [6.45, 7) is 7.90. The molecule has 1 fully saturated rings. The fourth-order valence-electron chi connectivity index (χ4n) is 2.58. The second-order valence-corrected chi connectivity index (χ2v) is 7.02. The normalized spacial score (nSPS) is 20.2.